The van der Waals surface area contributed by atoms with Crippen molar-refractivity contribution in [1.29, 1.82) is 0 Å². The van der Waals surface area contributed by atoms with Gasteiger partial charge in [0.05, 0.1) is 37.9 Å². The van der Waals surface area contributed by atoms with Crippen LogP contribution in [0.4, 0.5) is 0 Å². The number of esters is 1. The van der Waals surface area contributed by atoms with Crippen molar-refractivity contribution in [3.05, 3.63) is 71.5 Å². The fourth-order valence-electron chi connectivity index (χ4n) is 4.85. The van der Waals surface area contributed by atoms with Gasteiger partial charge in [-0.05, 0) is 60.9 Å². The first-order valence-corrected chi connectivity index (χ1v) is 14.9. The summed E-state index contributed by atoms with van der Waals surface area (Å²) in [6.45, 7) is 0.768. The molecule has 1 amide bonds. The van der Waals surface area contributed by atoms with Crippen molar-refractivity contribution in [2.75, 3.05) is 53.6 Å². The molecule has 2 aliphatic heterocycles. The standard InChI is InChI=1S/C29H36N2O9S/c1-37-24-9-11-25(12-10-24)41(35,36)31(15-17-32)16-18-39-27-20-23(21-5-7-22(8-6-21)29(34)38-2)19-26(40-27)28(33)30-13-3-4-14-30/h5-12,19,23,27,32H,3-4,13-18,20H2,1-2H3/t23-,27+/m0/s1. The van der Waals surface area contributed by atoms with Crippen LogP contribution >= 0.6 is 0 Å². The molecule has 0 radical (unpaired) electrons. The Morgan fingerprint density at radius 2 is 1.71 bits per heavy atom. The summed E-state index contributed by atoms with van der Waals surface area (Å²) < 4.78 is 49.4. The molecule has 41 heavy (non-hydrogen) atoms. The number of ether oxygens (including phenoxy) is 4. The summed E-state index contributed by atoms with van der Waals surface area (Å²) in [7, 11) is -1.09. The van der Waals surface area contributed by atoms with E-state index >= 15 is 0 Å². The number of methoxy groups -OCH3 is 2. The molecule has 1 N–H and O–H groups in total. The van der Waals surface area contributed by atoms with Crippen LogP contribution in [0, 0.1) is 0 Å². The topological polar surface area (TPSA) is 132 Å². The van der Waals surface area contributed by atoms with Gasteiger partial charge in [-0.25, -0.2) is 13.2 Å². The van der Waals surface area contributed by atoms with Crippen LogP contribution in [0.15, 0.2) is 65.3 Å². The Bertz CT molecular complexity index is 1320. The summed E-state index contributed by atoms with van der Waals surface area (Å²) in [5.41, 5.74) is 1.28. The van der Waals surface area contributed by atoms with Crippen LogP contribution in [-0.4, -0.2) is 94.5 Å². The first kappa shape index (κ1) is 30.5. The van der Waals surface area contributed by atoms with Crippen molar-refractivity contribution in [1.82, 2.24) is 9.21 Å². The molecule has 11 nitrogen and oxygen atoms in total. The number of aliphatic hydroxyl groups excluding tert-OH is 1. The van der Waals surface area contributed by atoms with Gasteiger partial charge in [0.2, 0.25) is 16.3 Å². The molecule has 2 atom stereocenters. The highest BCUT2D eigenvalue weighted by Crippen LogP contribution is 2.33. The number of allylic oxidation sites excluding steroid dienone is 1. The lowest BCUT2D eigenvalue weighted by Crippen LogP contribution is -2.38. The normalized spacial score (nSPS) is 19.0. The van der Waals surface area contributed by atoms with E-state index in [4.69, 9.17) is 18.9 Å². The number of carbonyl (C=O) groups excluding carboxylic acids is 2. The lowest BCUT2D eigenvalue weighted by molar-refractivity contribution is -0.152. The quantitative estimate of drug-likeness (QED) is 0.372. The first-order valence-electron chi connectivity index (χ1n) is 13.5. The molecule has 2 heterocycles. The predicted molar refractivity (Wildman–Crippen MR) is 149 cm³/mol. The van der Waals surface area contributed by atoms with Crippen LogP contribution in [0.1, 0.15) is 41.1 Å². The molecule has 0 aromatic heterocycles. The maximum atomic E-state index is 13.2. The van der Waals surface area contributed by atoms with Gasteiger partial charge in [-0.15, -0.1) is 0 Å². The molecule has 12 heteroatoms. The second-order valence-electron chi connectivity index (χ2n) is 9.71. The van der Waals surface area contributed by atoms with Crippen LogP contribution in [-0.2, 0) is 29.0 Å². The second-order valence-corrected chi connectivity index (χ2v) is 11.6. The molecular formula is C29H36N2O9S. The van der Waals surface area contributed by atoms with Crippen molar-refractivity contribution in [3.8, 4) is 5.75 Å². The van der Waals surface area contributed by atoms with Gasteiger partial charge in [-0.2, -0.15) is 4.31 Å². The molecule has 0 unspecified atom stereocenters. The zero-order valence-corrected chi connectivity index (χ0v) is 24.0. The first-order chi connectivity index (χ1) is 19.8. The number of hydrogen-bond donors (Lipinski definition) is 1. The van der Waals surface area contributed by atoms with Crippen LogP contribution in [0.3, 0.4) is 0 Å². The summed E-state index contributed by atoms with van der Waals surface area (Å²) >= 11 is 0. The fourth-order valence-corrected chi connectivity index (χ4v) is 6.26. The monoisotopic (exact) mass is 588 g/mol. The van der Waals surface area contributed by atoms with Gasteiger partial charge in [0, 0.05) is 38.5 Å². The van der Waals surface area contributed by atoms with Crippen molar-refractivity contribution < 1.29 is 42.1 Å². The smallest absolute Gasteiger partial charge is 0.337 e. The van der Waals surface area contributed by atoms with Crippen LogP contribution in [0.5, 0.6) is 5.75 Å². The molecule has 2 aliphatic rings. The van der Waals surface area contributed by atoms with Crippen LogP contribution in [0.25, 0.3) is 0 Å². The number of rotatable bonds is 12. The third kappa shape index (κ3) is 7.45. The highest BCUT2D eigenvalue weighted by Gasteiger charge is 2.32. The van der Waals surface area contributed by atoms with Crippen molar-refractivity contribution in [2.45, 2.75) is 36.4 Å². The lowest BCUT2D eigenvalue weighted by Gasteiger charge is -2.31. The Labute approximate surface area is 240 Å². The van der Waals surface area contributed by atoms with Gasteiger partial charge in [0.25, 0.3) is 5.91 Å². The van der Waals surface area contributed by atoms with Gasteiger partial charge in [-0.1, -0.05) is 12.1 Å². The molecule has 4 rings (SSSR count). The third-order valence-corrected chi connectivity index (χ3v) is 9.03. The third-order valence-electron chi connectivity index (χ3n) is 7.11. The van der Waals surface area contributed by atoms with Gasteiger partial charge < -0.3 is 29.0 Å². The highest BCUT2D eigenvalue weighted by atomic mass is 32.2. The average Bonchev–Trinajstić information content (AvgIpc) is 3.55. The Kier molecular flexibility index (Phi) is 10.4. The summed E-state index contributed by atoms with van der Waals surface area (Å²) in [6, 6.07) is 12.9. The number of nitrogens with zero attached hydrogens (tertiary/aromatic N) is 2. The number of aliphatic hydroxyl groups is 1. The maximum Gasteiger partial charge on any atom is 0.337 e. The Morgan fingerprint density at radius 3 is 2.32 bits per heavy atom. The minimum Gasteiger partial charge on any atom is -0.497 e. The lowest BCUT2D eigenvalue weighted by atomic mass is 9.92. The second kappa shape index (κ2) is 13.9. The molecule has 222 valence electrons. The summed E-state index contributed by atoms with van der Waals surface area (Å²) in [4.78, 5) is 26.9. The maximum absolute atomic E-state index is 13.2. The molecule has 0 aliphatic carbocycles. The van der Waals surface area contributed by atoms with E-state index in [1.165, 1.54) is 26.4 Å². The van der Waals surface area contributed by atoms with Crippen LogP contribution in [0.2, 0.25) is 0 Å². The van der Waals surface area contributed by atoms with Crippen LogP contribution < -0.4 is 4.74 Å². The SMILES string of the molecule is COC(=O)c1ccc([C@H]2C=C(C(=O)N3CCCC3)O[C@@H](OCCN(CCO)S(=O)(=O)c3ccc(OC)cc3)C2)cc1. The fraction of sp³-hybridized carbons (Fsp3) is 0.448. The van der Waals surface area contributed by atoms with Crippen molar-refractivity contribution in [2.24, 2.45) is 0 Å². The number of hydrogen-bond acceptors (Lipinski definition) is 9. The van der Waals surface area contributed by atoms with E-state index in [0.717, 1.165) is 22.7 Å². The molecule has 1 saturated heterocycles. The molecule has 0 spiro atoms. The molecule has 0 bridgehead atoms. The van der Waals surface area contributed by atoms with Crippen molar-refractivity contribution in [3.63, 3.8) is 0 Å². The number of amides is 1. The van der Waals surface area contributed by atoms with E-state index < -0.39 is 22.3 Å². The van der Waals surface area contributed by atoms with E-state index in [-0.39, 0.29) is 48.8 Å². The largest absolute Gasteiger partial charge is 0.497 e. The summed E-state index contributed by atoms with van der Waals surface area (Å²) in [5.74, 6) is -0.183. The Morgan fingerprint density at radius 1 is 1.02 bits per heavy atom. The number of carbonyl (C=O) groups is 2. The molecule has 0 saturated carbocycles. The van der Waals surface area contributed by atoms with Crippen molar-refractivity contribution >= 4 is 21.9 Å². The number of sulfonamides is 1. The van der Waals surface area contributed by atoms with E-state index in [1.807, 2.05) is 0 Å². The molecule has 1 fully saturated rings. The Balaban J connectivity index is 1.47. The number of likely N-dealkylation sites (tertiary alicyclic amines) is 1. The molecule has 2 aromatic rings. The highest BCUT2D eigenvalue weighted by molar-refractivity contribution is 7.89. The van der Waals surface area contributed by atoms with Gasteiger partial charge in [0.1, 0.15) is 5.75 Å². The van der Waals surface area contributed by atoms with E-state index in [9.17, 15) is 23.1 Å². The molecule has 2 aromatic carbocycles. The predicted octanol–water partition coefficient (Wildman–Crippen LogP) is 2.52. The summed E-state index contributed by atoms with van der Waals surface area (Å²) in [6.07, 6.45) is 3.20. The van der Waals surface area contributed by atoms with E-state index in [2.05, 4.69) is 0 Å². The minimum atomic E-state index is -3.91. The van der Waals surface area contributed by atoms with E-state index in [1.54, 1.807) is 47.4 Å². The summed E-state index contributed by atoms with van der Waals surface area (Å²) in [5, 5.41) is 9.54. The van der Waals surface area contributed by atoms with Gasteiger partial charge >= 0.3 is 5.97 Å². The Hall–Kier alpha value is -3.45. The van der Waals surface area contributed by atoms with Gasteiger partial charge in [-0.3, -0.25) is 4.79 Å². The zero-order valence-electron chi connectivity index (χ0n) is 23.2. The average molecular weight is 589 g/mol. The molecular weight excluding hydrogens is 552 g/mol. The zero-order chi connectivity index (χ0) is 29.4. The number of benzene rings is 2. The minimum absolute atomic E-state index is 0.0285. The van der Waals surface area contributed by atoms with Gasteiger partial charge in [0.15, 0.2) is 5.76 Å². The van der Waals surface area contributed by atoms with E-state index in [0.29, 0.717) is 30.8 Å².